The average molecular weight is 336 g/mol. The van der Waals surface area contributed by atoms with Crippen molar-refractivity contribution in [1.82, 2.24) is 4.90 Å². The Bertz CT molecular complexity index is 591. The van der Waals surface area contributed by atoms with Crippen LogP contribution in [0.15, 0.2) is 60.7 Å². The second-order valence-electron chi connectivity index (χ2n) is 6.71. The lowest BCUT2D eigenvalue weighted by Gasteiger charge is -2.28. The standard InChI is InChI=1S/C24H33N/c1-3-5-13-19-25(20-14-6-4-2)24(23-17-11-8-12-18-23)21-22-15-9-7-10-16-22/h7-12,15-18,21H,3-6,13-14,19-20H2,1-2H3/b24-21-. The Morgan fingerprint density at radius 2 is 1.24 bits per heavy atom. The molecule has 25 heavy (non-hydrogen) atoms. The molecule has 0 N–H and O–H groups in total. The molecule has 2 aromatic carbocycles. The first-order valence-corrected chi connectivity index (χ1v) is 9.92. The van der Waals surface area contributed by atoms with Gasteiger partial charge in [-0.15, -0.1) is 0 Å². The van der Waals surface area contributed by atoms with E-state index in [1.807, 2.05) is 0 Å². The summed E-state index contributed by atoms with van der Waals surface area (Å²) in [4.78, 5) is 2.60. The van der Waals surface area contributed by atoms with E-state index in [0.29, 0.717) is 0 Å². The molecule has 2 rings (SSSR count). The fourth-order valence-electron chi connectivity index (χ4n) is 3.13. The molecule has 0 amide bonds. The maximum Gasteiger partial charge on any atom is 0.0445 e. The van der Waals surface area contributed by atoms with Gasteiger partial charge in [-0.05, 0) is 30.0 Å². The molecule has 0 heterocycles. The number of benzene rings is 2. The zero-order valence-corrected chi connectivity index (χ0v) is 16.0. The summed E-state index contributed by atoms with van der Waals surface area (Å²) in [7, 11) is 0. The molecule has 134 valence electrons. The highest BCUT2D eigenvalue weighted by Gasteiger charge is 2.11. The number of nitrogens with zero attached hydrogens (tertiary/aromatic N) is 1. The predicted molar refractivity (Wildman–Crippen MR) is 111 cm³/mol. The average Bonchev–Trinajstić information content (AvgIpc) is 2.67. The van der Waals surface area contributed by atoms with Gasteiger partial charge in [-0.2, -0.15) is 0 Å². The summed E-state index contributed by atoms with van der Waals surface area (Å²) >= 11 is 0. The third-order valence-electron chi connectivity index (χ3n) is 4.58. The molecule has 0 aliphatic rings. The van der Waals surface area contributed by atoms with Crippen molar-refractivity contribution in [3.05, 3.63) is 71.8 Å². The Balaban J connectivity index is 2.29. The molecule has 0 aromatic heterocycles. The molecular weight excluding hydrogens is 302 g/mol. The number of rotatable bonds is 11. The minimum Gasteiger partial charge on any atom is -0.371 e. The van der Waals surface area contributed by atoms with Crippen LogP contribution in [0.3, 0.4) is 0 Å². The predicted octanol–water partition coefficient (Wildman–Crippen LogP) is 6.87. The Labute approximate surface area is 154 Å². The van der Waals surface area contributed by atoms with E-state index in [-0.39, 0.29) is 0 Å². The minimum absolute atomic E-state index is 1.14. The number of hydrogen-bond donors (Lipinski definition) is 0. The van der Waals surface area contributed by atoms with Gasteiger partial charge in [0.05, 0.1) is 0 Å². The lowest BCUT2D eigenvalue weighted by Crippen LogP contribution is -2.24. The van der Waals surface area contributed by atoms with Crippen molar-refractivity contribution in [2.75, 3.05) is 13.1 Å². The summed E-state index contributed by atoms with van der Waals surface area (Å²) in [6.45, 7) is 6.84. The van der Waals surface area contributed by atoms with Gasteiger partial charge >= 0.3 is 0 Å². The zero-order valence-electron chi connectivity index (χ0n) is 16.0. The third kappa shape index (κ3) is 6.78. The summed E-state index contributed by atoms with van der Waals surface area (Å²) in [5.74, 6) is 0. The number of hydrogen-bond acceptors (Lipinski definition) is 1. The Hall–Kier alpha value is -2.02. The molecule has 1 heteroatoms. The largest absolute Gasteiger partial charge is 0.371 e. The summed E-state index contributed by atoms with van der Waals surface area (Å²) in [6, 6.07) is 21.6. The monoisotopic (exact) mass is 335 g/mol. The fourth-order valence-corrected chi connectivity index (χ4v) is 3.13. The highest BCUT2D eigenvalue weighted by atomic mass is 15.1. The van der Waals surface area contributed by atoms with E-state index in [1.54, 1.807) is 0 Å². The molecule has 0 aliphatic heterocycles. The smallest absolute Gasteiger partial charge is 0.0445 e. The summed E-state index contributed by atoms with van der Waals surface area (Å²) < 4.78 is 0. The van der Waals surface area contributed by atoms with Crippen molar-refractivity contribution in [2.45, 2.75) is 52.4 Å². The van der Waals surface area contributed by atoms with Crippen LogP contribution >= 0.6 is 0 Å². The summed E-state index contributed by atoms with van der Waals surface area (Å²) in [5.41, 5.74) is 3.95. The summed E-state index contributed by atoms with van der Waals surface area (Å²) in [5, 5.41) is 0. The van der Waals surface area contributed by atoms with Crippen molar-refractivity contribution < 1.29 is 0 Å². The van der Waals surface area contributed by atoms with Gasteiger partial charge < -0.3 is 4.90 Å². The molecule has 0 bridgehead atoms. The second kappa shape index (κ2) is 11.5. The molecule has 2 aromatic rings. The van der Waals surface area contributed by atoms with Gasteiger partial charge in [-0.1, -0.05) is 100 Å². The maximum atomic E-state index is 2.60. The van der Waals surface area contributed by atoms with Crippen LogP contribution in [0.5, 0.6) is 0 Å². The quantitative estimate of drug-likeness (QED) is 0.320. The van der Waals surface area contributed by atoms with Crippen LogP contribution in [0.25, 0.3) is 11.8 Å². The highest BCUT2D eigenvalue weighted by Crippen LogP contribution is 2.24. The van der Waals surface area contributed by atoms with Crippen LogP contribution in [0.1, 0.15) is 63.5 Å². The van der Waals surface area contributed by atoms with Gasteiger partial charge in [0.15, 0.2) is 0 Å². The molecule has 0 saturated heterocycles. The Morgan fingerprint density at radius 3 is 1.76 bits per heavy atom. The molecule has 0 saturated carbocycles. The molecular formula is C24H33N. The second-order valence-corrected chi connectivity index (χ2v) is 6.71. The van der Waals surface area contributed by atoms with Crippen molar-refractivity contribution in [2.24, 2.45) is 0 Å². The van der Waals surface area contributed by atoms with Crippen LogP contribution < -0.4 is 0 Å². The normalized spacial score (nSPS) is 11.5. The van der Waals surface area contributed by atoms with Gasteiger partial charge in [0.25, 0.3) is 0 Å². The van der Waals surface area contributed by atoms with Crippen LogP contribution in [0.2, 0.25) is 0 Å². The first kappa shape index (κ1) is 19.3. The summed E-state index contributed by atoms with van der Waals surface area (Å²) in [6.07, 6.45) is 10.0. The van der Waals surface area contributed by atoms with E-state index in [4.69, 9.17) is 0 Å². The van der Waals surface area contributed by atoms with E-state index >= 15 is 0 Å². The molecule has 0 aliphatic carbocycles. The van der Waals surface area contributed by atoms with Gasteiger partial charge in [0.2, 0.25) is 0 Å². The van der Waals surface area contributed by atoms with Gasteiger partial charge in [-0.25, -0.2) is 0 Å². The first-order chi connectivity index (χ1) is 12.3. The fraction of sp³-hybridized carbons (Fsp3) is 0.417. The molecule has 0 fully saturated rings. The molecule has 0 unspecified atom stereocenters. The van der Waals surface area contributed by atoms with Crippen LogP contribution in [0, 0.1) is 0 Å². The van der Waals surface area contributed by atoms with Crippen LogP contribution in [0.4, 0.5) is 0 Å². The topological polar surface area (TPSA) is 3.24 Å². The van der Waals surface area contributed by atoms with Gasteiger partial charge in [0, 0.05) is 18.8 Å². The van der Waals surface area contributed by atoms with E-state index in [1.165, 1.54) is 55.3 Å². The van der Waals surface area contributed by atoms with Crippen molar-refractivity contribution in [3.8, 4) is 0 Å². The molecule has 0 radical (unpaired) electrons. The van der Waals surface area contributed by atoms with E-state index < -0.39 is 0 Å². The Kier molecular flexibility index (Phi) is 8.90. The van der Waals surface area contributed by atoms with Crippen molar-refractivity contribution in [3.63, 3.8) is 0 Å². The molecule has 0 spiro atoms. The maximum absolute atomic E-state index is 2.60. The first-order valence-electron chi connectivity index (χ1n) is 9.92. The molecule has 0 atom stereocenters. The van der Waals surface area contributed by atoms with Crippen molar-refractivity contribution >= 4 is 11.8 Å². The van der Waals surface area contributed by atoms with Gasteiger partial charge in [0.1, 0.15) is 0 Å². The molecule has 1 nitrogen and oxygen atoms in total. The third-order valence-corrected chi connectivity index (χ3v) is 4.58. The van der Waals surface area contributed by atoms with E-state index in [0.717, 1.165) is 13.1 Å². The number of unbranched alkanes of at least 4 members (excludes halogenated alkanes) is 4. The van der Waals surface area contributed by atoms with Crippen LogP contribution in [-0.4, -0.2) is 18.0 Å². The lowest BCUT2D eigenvalue weighted by molar-refractivity contribution is 0.373. The van der Waals surface area contributed by atoms with Gasteiger partial charge in [-0.3, -0.25) is 0 Å². The highest BCUT2D eigenvalue weighted by molar-refractivity contribution is 5.80. The lowest BCUT2D eigenvalue weighted by atomic mass is 10.1. The Morgan fingerprint density at radius 1 is 0.720 bits per heavy atom. The SMILES string of the molecule is CCCCCN(CCCCC)/C(=C\c1ccccc1)c1ccccc1. The minimum atomic E-state index is 1.14. The zero-order chi connectivity index (χ0) is 17.7. The van der Waals surface area contributed by atoms with E-state index in [2.05, 4.69) is 85.5 Å². The van der Waals surface area contributed by atoms with Crippen molar-refractivity contribution in [1.29, 1.82) is 0 Å². The van der Waals surface area contributed by atoms with E-state index in [9.17, 15) is 0 Å². The van der Waals surface area contributed by atoms with Crippen LogP contribution in [-0.2, 0) is 0 Å².